The summed E-state index contributed by atoms with van der Waals surface area (Å²) in [5.41, 5.74) is 2.35. The zero-order valence-electron chi connectivity index (χ0n) is 13.1. The van der Waals surface area contributed by atoms with Crippen LogP contribution in [0.25, 0.3) is 0 Å². The molecule has 0 unspecified atom stereocenters. The Balaban J connectivity index is 1.47. The summed E-state index contributed by atoms with van der Waals surface area (Å²) in [6, 6.07) is 8.36. The van der Waals surface area contributed by atoms with Crippen molar-refractivity contribution >= 4 is 17.8 Å². The van der Waals surface area contributed by atoms with Crippen LogP contribution in [-0.4, -0.2) is 35.8 Å². The smallest absolute Gasteiger partial charge is 0.315 e. The van der Waals surface area contributed by atoms with Gasteiger partial charge in [0, 0.05) is 24.9 Å². The number of rotatable bonds is 3. The molecule has 0 radical (unpaired) electrons. The number of amides is 2. The molecule has 22 heavy (non-hydrogen) atoms. The quantitative estimate of drug-likeness (QED) is 0.900. The molecule has 1 spiro atoms. The van der Waals surface area contributed by atoms with Gasteiger partial charge in [0.05, 0.1) is 5.60 Å². The average molecular weight is 320 g/mol. The normalized spacial score (nSPS) is 27.8. The Labute approximate surface area is 136 Å². The van der Waals surface area contributed by atoms with Gasteiger partial charge in [-0.25, -0.2) is 4.79 Å². The van der Waals surface area contributed by atoms with Crippen LogP contribution in [0.4, 0.5) is 4.79 Å². The number of ether oxygens (including phenoxy) is 1. The van der Waals surface area contributed by atoms with Crippen molar-refractivity contribution in [3.63, 3.8) is 0 Å². The molecule has 2 saturated heterocycles. The Bertz CT molecular complexity index is 529. The molecule has 120 valence electrons. The zero-order valence-corrected chi connectivity index (χ0v) is 13.9. The van der Waals surface area contributed by atoms with Crippen LogP contribution >= 0.6 is 11.8 Å². The van der Waals surface area contributed by atoms with E-state index in [9.17, 15) is 4.79 Å². The van der Waals surface area contributed by atoms with Crippen LogP contribution < -0.4 is 10.6 Å². The molecule has 1 aromatic rings. The molecule has 0 bridgehead atoms. The molecule has 3 rings (SSSR count). The Kier molecular flexibility index (Phi) is 4.93. The fourth-order valence-corrected chi connectivity index (χ4v) is 4.63. The van der Waals surface area contributed by atoms with Crippen molar-refractivity contribution in [3.8, 4) is 0 Å². The molecule has 2 aliphatic heterocycles. The van der Waals surface area contributed by atoms with Gasteiger partial charge in [-0.3, -0.25) is 0 Å². The van der Waals surface area contributed by atoms with E-state index in [4.69, 9.17) is 4.74 Å². The maximum atomic E-state index is 12.1. The molecular weight excluding hydrogens is 296 g/mol. The minimum absolute atomic E-state index is 0.0113. The molecule has 0 aromatic heterocycles. The van der Waals surface area contributed by atoms with E-state index < -0.39 is 0 Å². The minimum Gasteiger partial charge on any atom is -0.374 e. The molecule has 4 nitrogen and oxygen atoms in total. The third-order valence-corrected chi connectivity index (χ3v) is 5.65. The van der Waals surface area contributed by atoms with Crippen molar-refractivity contribution < 1.29 is 9.53 Å². The summed E-state index contributed by atoms with van der Waals surface area (Å²) < 4.78 is 5.99. The first kappa shape index (κ1) is 15.7. The Morgan fingerprint density at radius 2 is 2.41 bits per heavy atom. The third-order valence-electron chi connectivity index (χ3n) is 4.43. The highest BCUT2D eigenvalue weighted by molar-refractivity contribution is 7.99. The summed E-state index contributed by atoms with van der Waals surface area (Å²) in [6.07, 6.45) is 2.96. The van der Waals surface area contributed by atoms with E-state index >= 15 is 0 Å². The van der Waals surface area contributed by atoms with Crippen LogP contribution in [0.3, 0.4) is 0 Å². The van der Waals surface area contributed by atoms with E-state index in [1.54, 1.807) is 0 Å². The topological polar surface area (TPSA) is 50.4 Å². The first-order valence-corrected chi connectivity index (χ1v) is 9.12. The number of urea groups is 1. The van der Waals surface area contributed by atoms with Gasteiger partial charge in [0.2, 0.25) is 0 Å². The van der Waals surface area contributed by atoms with Crippen molar-refractivity contribution in [1.82, 2.24) is 10.6 Å². The van der Waals surface area contributed by atoms with Gasteiger partial charge < -0.3 is 15.4 Å². The summed E-state index contributed by atoms with van der Waals surface area (Å²) in [5, 5.41) is 6.07. The average Bonchev–Trinajstić information content (AvgIpc) is 2.93. The second-order valence-electron chi connectivity index (χ2n) is 6.34. The lowest BCUT2D eigenvalue weighted by molar-refractivity contribution is -0.0684. The summed E-state index contributed by atoms with van der Waals surface area (Å²) in [6.45, 7) is 3.38. The Morgan fingerprint density at radius 3 is 3.18 bits per heavy atom. The number of hydrogen-bond acceptors (Lipinski definition) is 3. The monoisotopic (exact) mass is 320 g/mol. The van der Waals surface area contributed by atoms with Gasteiger partial charge in [-0.15, -0.1) is 0 Å². The van der Waals surface area contributed by atoms with Crippen LogP contribution in [-0.2, 0) is 11.3 Å². The van der Waals surface area contributed by atoms with Crippen LogP contribution in [0.2, 0.25) is 0 Å². The molecule has 2 fully saturated rings. The highest BCUT2D eigenvalue weighted by atomic mass is 32.2. The lowest BCUT2D eigenvalue weighted by atomic mass is 9.90. The predicted octanol–water partition coefficient (Wildman–Crippen LogP) is 2.85. The molecule has 2 aliphatic rings. The second kappa shape index (κ2) is 6.92. The summed E-state index contributed by atoms with van der Waals surface area (Å²) >= 11 is 1.96. The van der Waals surface area contributed by atoms with Gasteiger partial charge in [-0.05, 0) is 37.5 Å². The van der Waals surface area contributed by atoms with E-state index in [0.717, 1.165) is 37.2 Å². The van der Waals surface area contributed by atoms with E-state index in [-0.39, 0.29) is 17.7 Å². The number of hydrogen-bond donors (Lipinski definition) is 2. The number of aryl methyl sites for hydroxylation is 1. The highest BCUT2D eigenvalue weighted by Crippen LogP contribution is 2.38. The lowest BCUT2D eigenvalue weighted by Gasteiger charge is -2.37. The molecule has 5 heteroatoms. The maximum Gasteiger partial charge on any atom is 0.315 e. The fraction of sp³-hybridized carbons (Fsp3) is 0.588. The van der Waals surface area contributed by atoms with Crippen molar-refractivity contribution in [2.75, 3.05) is 18.1 Å². The van der Waals surface area contributed by atoms with E-state index in [2.05, 4.69) is 29.7 Å². The number of nitrogens with one attached hydrogen (secondary N) is 2. The lowest BCUT2D eigenvalue weighted by Crippen LogP contribution is -2.50. The van der Waals surface area contributed by atoms with Gasteiger partial charge in [0.1, 0.15) is 0 Å². The number of thioether (sulfide) groups is 1. The SMILES string of the molecule is Cc1cccc(CNC(=O)N[C@H]2CCO[C@]3(CCSC3)C2)c1. The zero-order chi connectivity index (χ0) is 15.4. The number of benzene rings is 1. The molecule has 2 heterocycles. The highest BCUT2D eigenvalue weighted by Gasteiger charge is 2.40. The van der Waals surface area contributed by atoms with Crippen LogP contribution in [0.5, 0.6) is 0 Å². The van der Waals surface area contributed by atoms with Gasteiger partial charge in [-0.2, -0.15) is 11.8 Å². The first-order valence-electron chi connectivity index (χ1n) is 7.97. The number of carbonyl (C=O) groups is 1. The predicted molar refractivity (Wildman–Crippen MR) is 90.2 cm³/mol. The summed E-state index contributed by atoms with van der Waals surface area (Å²) in [4.78, 5) is 12.1. The maximum absolute atomic E-state index is 12.1. The number of carbonyl (C=O) groups excluding carboxylic acids is 1. The third kappa shape index (κ3) is 3.96. The minimum atomic E-state index is -0.0748. The van der Waals surface area contributed by atoms with Gasteiger partial charge in [0.25, 0.3) is 0 Å². The molecule has 2 atom stereocenters. The van der Waals surface area contributed by atoms with Gasteiger partial charge >= 0.3 is 6.03 Å². The Hall–Kier alpha value is -1.20. The van der Waals surface area contributed by atoms with Crippen molar-refractivity contribution in [2.45, 2.75) is 44.4 Å². The second-order valence-corrected chi connectivity index (χ2v) is 7.45. The van der Waals surface area contributed by atoms with E-state index in [1.807, 2.05) is 23.9 Å². The molecule has 2 amide bonds. The van der Waals surface area contributed by atoms with E-state index in [1.165, 1.54) is 11.3 Å². The molecule has 2 N–H and O–H groups in total. The summed E-state index contributed by atoms with van der Waals surface area (Å²) in [5.74, 6) is 2.24. The first-order chi connectivity index (χ1) is 10.7. The molecule has 0 aliphatic carbocycles. The summed E-state index contributed by atoms with van der Waals surface area (Å²) in [7, 11) is 0. The van der Waals surface area contributed by atoms with Crippen molar-refractivity contribution in [1.29, 1.82) is 0 Å². The molecule has 0 saturated carbocycles. The Morgan fingerprint density at radius 1 is 1.50 bits per heavy atom. The van der Waals surface area contributed by atoms with Crippen LogP contribution in [0, 0.1) is 6.92 Å². The molecule has 1 aromatic carbocycles. The standard InChI is InChI=1S/C17H24N2O2S/c1-13-3-2-4-14(9-13)11-18-16(20)19-15-5-7-21-17(10-15)6-8-22-12-17/h2-4,9,15H,5-8,10-12H2,1H3,(H2,18,19,20)/t15-,17+/m0/s1. The van der Waals surface area contributed by atoms with Gasteiger partial charge in [-0.1, -0.05) is 29.8 Å². The fourth-order valence-electron chi connectivity index (χ4n) is 3.26. The van der Waals surface area contributed by atoms with Gasteiger partial charge in [0.15, 0.2) is 0 Å². The van der Waals surface area contributed by atoms with Crippen LogP contribution in [0.15, 0.2) is 24.3 Å². The van der Waals surface area contributed by atoms with Crippen molar-refractivity contribution in [2.24, 2.45) is 0 Å². The largest absolute Gasteiger partial charge is 0.374 e. The van der Waals surface area contributed by atoms with E-state index in [0.29, 0.717) is 6.54 Å². The molecular formula is C17H24N2O2S. The van der Waals surface area contributed by atoms with Crippen molar-refractivity contribution in [3.05, 3.63) is 35.4 Å². The van der Waals surface area contributed by atoms with Crippen LogP contribution in [0.1, 0.15) is 30.4 Å².